The summed E-state index contributed by atoms with van der Waals surface area (Å²) in [6.45, 7) is 2.21. The van der Waals surface area contributed by atoms with E-state index in [0.29, 0.717) is 11.6 Å². The molecule has 1 aromatic heterocycles. The first-order valence-corrected chi connectivity index (χ1v) is 7.66. The van der Waals surface area contributed by atoms with Crippen molar-refractivity contribution >= 4 is 5.91 Å². The molecular weight excluding hydrogens is 262 g/mol. The fourth-order valence-electron chi connectivity index (χ4n) is 2.97. The van der Waals surface area contributed by atoms with E-state index in [1.165, 1.54) is 19.3 Å². The van der Waals surface area contributed by atoms with Crippen molar-refractivity contribution in [3.63, 3.8) is 0 Å². The number of carbonyl (C=O) groups excluding carboxylic acids is 1. The van der Waals surface area contributed by atoms with Gasteiger partial charge in [-0.25, -0.2) is 0 Å². The number of benzene rings is 1. The van der Waals surface area contributed by atoms with Crippen molar-refractivity contribution in [2.75, 3.05) is 0 Å². The molecule has 1 aromatic carbocycles. The third-order valence-electron chi connectivity index (χ3n) is 4.32. The molecule has 0 saturated heterocycles. The predicted molar refractivity (Wildman–Crippen MR) is 82.9 cm³/mol. The maximum atomic E-state index is 12.3. The maximum Gasteiger partial charge on any atom is 0.269 e. The molecule has 0 bridgehead atoms. The molecule has 0 radical (unpaired) electrons. The van der Waals surface area contributed by atoms with Crippen molar-refractivity contribution in [3.8, 4) is 11.3 Å². The first-order valence-electron chi connectivity index (χ1n) is 7.66. The van der Waals surface area contributed by atoms with E-state index >= 15 is 0 Å². The molecule has 1 aliphatic rings. The monoisotopic (exact) mass is 283 g/mol. The number of nitrogens with one attached hydrogen (secondary N) is 2. The maximum absolute atomic E-state index is 12.3. The Morgan fingerprint density at radius 3 is 2.76 bits per heavy atom. The molecule has 110 valence electrons. The van der Waals surface area contributed by atoms with Crippen LogP contribution in [-0.4, -0.2) is 22.1 Å². The number of hydrogen-bond donors (Lipinski definition) is 2. The first-order chi connectivity index (χ1) is 10.2. The van der Waals surface area contributed by atoms with Gasteiger partial charge in [-0.1, -0.05) is 50.1 Å². The Bertz CT molecular complexity index is 606. The highest BCUT2D eigenvalue weighted by Gasteiger charge is 2.23. The molecule has 4 nitrogen and oxygen atoms in total. The predicted octanol–water partition coefficient (Wildman–Crippen LogP) is 3.39. The lowest BCUT2D eigenvalue weighted by Gasteiger charge is -2.29. The zero-order valence-corrected chi connectivity index (χ0v) is 12.3. The van der Waals surface area contributed by atoms with Crippen molar-refractivity contribution < 1.29 is 4.79 Å². The van der Waals surface area contributed by atoms with Gasteiger partial charge in [0.1, 0.15) is 5.69 Å². The molecule has 2 N–H and O–H groups in total. The van der Waals surface area contributed by atoms with E-state index in [0.717, 1.165) is 17.7 Å². The van der Waals surface area contributed by atoms with Crippen LogP contribution in [0.15, 0.2) is 36.4 Å². The number of hydrogen-bond acceptors (Lipinski definition) is 2. The third kappa shape index (κ3) is 3.15. The van der Waals surface area contributed by atoms with Gasteiger partial charge in [-0.05, 0) is 24.8 Å². The normalized spacial score (nSPS) is 22.0. The van der Waals surface area contributed by atoms with Gasteiger partial charge in [0.05, 0.1) is 5.69 Å². The van der Waals surface area contributed by atoms with E-state index in [-0.39, 0.29) is 11.9 Å². The Balaban J connectivity index is 1.69. The number of H-pyrrole nitrogens is 1. The molecule has 1 heterocycles. The quantitative estimate of drug-likeness (QED) is 0.907. The van der Waals surface area contributed by atoms with E-state index in [9.17, 15) is 4.79 Å². The Hall–Kier alpha value is -2.10. The van der Waals surface area contributed by atoms with E-state index in [2.05, 4.69) is 22.4 Å². The minimum absolute atomic E-state index is 0.0524. The average Bonchev–Trinajstić information content (AvgIpc) is 3.00. The van der Waals surface area contributed by atoms with E-state index in [1.807, 2.05) is 36.4 Å². The highest BCUT2D eigenvalue weighted by Crippen LogP contribution is 2.24. The Kier molecular flexibility index (Phi) is 4.04. The highest BCUT2D eigenvalue weighted by atomic mass is 16.2. The van der Waals surface area contributed by atoms with Gasteiger partial charge in [-0.2, -0.15) is 5.10 Å². The van der Waals surface area contributed by atoms with E-state index in [4.69, 9.17) is 0 Å². The molecule has 0 unspecified atom stereocenters. The largest absolute Gasteiger partial charge is 0.348 e. The van der Waals surface area contributed by atoms with Crippen molar-refractivity contribution in [2.45, 2.75) is 38.6 Å². The smallest absolute Gasteiger partial charge is 0.269 e. The Labute approximate surface area is 125 Å². The van der Waals surface area contributed by atoms with Crippen LogP contribution >= 0.6 is 0 Å². The lowest BCUT2D eigenvalue weighted by Crippen LogP contribution is -2.41. The fraction of sp³-hybridized carbons (Fsp3) is 0.412. The van der Waals surface area contributed by atoms with Gasteiger partial charge in [0.15, 0.2) is 0 Å². The van der Waals surface area contributed by atoms with Gasteiger partial charge in [-0.15, -0.1) is 0 Å². The molecule has 3 rings (SSSR count). The van der Waals surface area contributed by atoms with Gasteiger partial charge >= 0.3 is 0 Å². The standard InChI is InChI=1S/C17H21N3O/c1-12-7-5-6-10-14(12)18-17(21)16-11-15(19-20-16)13-8-3-2-4-9-13/h2-4,8-9,11-12,14H,5-7,10H2,1H3,(H,18,21)(H,19,20)/t12-,14+/m1/s1. The van der Waals surface area contributed by atoms with Crippen LogP contribution < -0.4 is 5.32 Å². The van der Waals surface area contributed by atoms with Crippen LogP contribution in [0.1, 0.15) is 43.1 Å². The number of aromatic nitrogens is 2. The molecule has 2 aromatic rings. The number of aromatic amines is 1. The number of nitrogens with zero attached hydrogens (tertiary/aromatic N) is 1. The second-order valence-electron chi connectivity index (χ2n) is 5.87. The molecule has 0 aliphatic heterocycles. The van der Waals surface area contributed by atoms with Crippen LogP contribution in [0, 0.1) is 5.92 Å². The summed E-state index contributed by atoms with van der Waals surface area (Å²) >= 11 is 0. The molecule has 1 aliphatic carbocycles. The van der Waals surface area contributed by atoms with E-state index < -0.39 is 0 Å². The van der Waals surface area contributed by atoms with Gasteiger partial charge in [-0.3, -0.25) is 9.89 Å². The molecule has 0 spiro atoms. The SMILES string of the molecule is C[C@@H]1CCCC[C@@H]1NC(=O)c1cc(-c2ccccc2)n[nH]1. The van der Waals surface area contributed by atoms with Crippen LogP contribution in [0.4, 0.5) is 0 Å². The Morgan fingerprint density at radius 2 is 2.00 bits per heavy atom. The van der Waals surface area contributed by atoms with Crippen molar-refractivity contribution in [3.05, 3.63) is 42.1 Å². The van der Waals surface area contributed by atoms with Crippen molar-refractivity contribution in [1.82, 2.24) is 15.5 Å². The minimum atomic E-state index is -0.0524. The highest BCUT2D eigenvalue weighted by molar-refractivity contribution is 5.93. The molecule has 1 fully saturated rings. The minimum Gasteiger partial charge on any atom is -0.348 e. The summed E-state index contributed by atoms with van der Waals surface area (Å²) in [6.07, 6.45) is 4.75. The van der Waals surface area contributed by atoms with Crippen LogP contribution in [0.3, 0.4) is 0 Å². The molecule has 21 heavy (non-hydrogen) atoms. The van der Waals surface area contributed by atoms with Crippen LogP contribution in [0.25, 0.3) is 11.3 Å². The zero-order chi connectivity index (χ0) is 14.7. The van der Waals surface area contributed by atoms with Crippen molar-refractivity contribution in [2.24, 2.45) is 5.92 Å². The summed E-state index contributed by atoms with van der Waals surface area (Å²) in [6, 6.07) is 12.0. The average molecular weight is 283 g/mol. The topological polar surface area (TPSA) is 57.8 Å². The Morgan fingerprint density at radius 1 is 1.24 bits per heavy atom. The fourth-order valence-corrected chi connectivity index (χ4v) is 2.97. The van der Waals surface area contributed by atoms with Gasteiger partial charge in [0.25, 0.3) is 5.91 Å². The van der Waals surface area contributed by atoms with E-state index in [1.54, 1.807) is 0 Å². The van der Waals surface area contributed by atoms with Crippen LogP contribution in [0.5, 0.6) is 0 Å². The molecule has 2 atom stereocenters. The summed E-state index contributed by atoms with van der Waals surface area (Å²) in [5, 5.41) is 10.2. The molecule has 4 heteroatoms. The second kappa shape index (κ2) is 6.12. The zero-order valence-electron chi connectivity index (χ0n) is 12.3. The summed E-state index contributed by atoms with van der Waals surface area (Å²) < 4.78 is 0. The van der Waals surface area contributed by atoms with Crippen molar-refractivity contribution in [1.29, 1.82) is 0 Å². The molecule has 1 amide bonds. The lowest BCUT2D eigenvalue weighted by molar-refractivity contribution is 0.0905. The summed E-state index contributed by atoms with van der Waals surface area (Å²) in [5.41, 5.74) is 2.35. The number of rotatable bonds is 3. The van der Waals surface area contributed by atoms with Crippen LogP contribution in [0.2, 0.25) is 0 Å². The molecular formula is C17H21N3O. The number of carbonyl (C=O) groups is 1. The second-order valence-corrected chi connectivity index (χ2v) is 5.87. The number of amides is 1. The first kappa shape index (κ1) is 13.9. The third-order valence-corrected chi connectivity index (χ3v) is 4.32. The van der Waals surface area contributed by atoms with Gasteiger partial charge in [0, 0.05) is 11.6 Å². The van der Waals surface area contributed by atoms with Gasteiger partial charge in [0.2, 0.25) is 0 Å². The summed E-state index contributed by atoms with van der Waals surface area (Å²) in [4.78, 5) is 12.3. The van der Waals surface area contributed by atoms with Crippen LogP contribution in [-0.2, 0) is 0 Å². The summed E-state index contributed by atoms with van der Waals surface area (Å²) in [7, 11) is 0. The molecule has 1 saturated carbocycles. The summed E-state index contributed by atoms with van der Waals surface area (Å²) in [5.74, 6) is 0.502. The lowest BCUT2D eigenvalue weighted by atomic mass is 9.86. The van der Waals surface area contributed by atoms with Gasteiger partial charge < -0.3 is 5.32 Å².